The molecule has 2 aromatic carbocycles. The monoisotopic (exact) mass is 625 g/mol. The number of nitrogens with zero attached hydrogens (tertiary/aromatic N) is 2. The molecule has 1 amide bonds. The van der Waals surface area contributed by atoms with Crippen molar-refractivity contribution in [2.45, 2.75) is 69.4 Å². The van der Waals surface area contributed by atoms with E-state index in [2.05, 4.69) is 39.6 Å². The van der Waals surface area contributed by atoms with Crippen molar-refractivity contribution in [2.75, 3.05) is 51.5 Å². The van der Waals surface area contributed by atoms with Gasteiger partial charge in [-0.3, -0.25) is 9.69 Å². The average molecular weight is 626 g/mol. The summed E-state index contributed by atoms with van der Waals surface area (Å²) in [6, 6.07) is 12.4. The van der Waals surface area contributed by atoms with E-state index < -0.39 is 12.7 Å². The van der Waals surface area contributed by atoms with E-state index in [-0.39, 0.29) is 24.0 Å². The Morgan fingerprint density at radius 3 is 2.53 bits per heavy atom. The summed E-state index contributed by atoms with van der Waals surface area (Å²) in [5.41, 5.74) is 2.81. The van der Waals surface area contributed by atoms with Gasteiger partial charge in [-0.2, -0.15) is 13.2 Å². The summed E-state index contributed by atoms with van der Waals surface area (Å²) in [5.74, 6) is 6.14. The number of likely N-dealkylation sites (tertiary alicyclic amines) is 1. The summed E-state index contributed by atoms with van der Waals surface area (Å²) < 4.78 is 53.3. The lowest BCUT2D eigenvalue weighted by molar-refractivity contribution is -0.140. The third-order valence-corrected chi connectivity index (χ3v) is 9.22. The van der Waals surface area contributed by atoms with Crippen LogP contribution < -0.4 is 20.7 Å². The van der Waals surface area contributed by atoms with Crippen molar-refractivity contribution >= 4 is 28.2 Å². The van der Waals surface area contributed by atoms with Crippen LogP contribution in [0.25, 0.3) is 10.9 Å². The maximum atomic E-state index is 13.7. The van der Waals surface area contributed by atoms with E-state index in [9.17, 15) is 18.0 Å². The third kappa shape index (κ3) is 7.51. The van der Waals surface area contributed by atoms with Gasteiger partial charge in [-0.15, -0.1) is 0 Å². The zero-order chi connectivity index (χ0) is 32.2. The molecule has 3 N–H and O–H groups in total. The zero-order valence-electron chi connectivity index (χ0n) is 26.3. The first-order chi connectivity index (χ1) is 21.5. The minimum absolute atomic E-state index is 0.139. The highest BCUT2D eigenvalue weighted by molar-refractivity contribution is 5.95. The van der Waals surface area contributed by atoms with E-state index in [1.807, 2.05) is 6.07 Å². The van der Waals surface area contributed by atoms with Crippen LogP contribution in [0.4, 0.5) is 24.5 Å². The number of hydrogen-bond donors (Lipinski definition) is 3. The van der Waals surface area contributed by atoms with Crippen LogP contribution in [0.2, 0.25) is 0 Å². The van der Waals surface area contributed by atoms with Crippen molar-refractivity contribution in [1.29, 1.82) is 0 Å². The zero-order valence-corrected chi connectivity index (χ0v) is 26.3. The lowest BCUT2D eigenvalue weighted by Gasteiger charge is -2.44. The average Bonchev–Trinajstić information content (AvgIpc) is 3.65. The van der Waals surface area contributed by atoms with E-state index in [4.69, 9.17) is 9.47 Å². The topological polar surface area (TPSA) is 79.8 Å². The molecule has 1 saturated carbocycles. The van der Waals surface area contributed by atoms with Crippen molar-refractivity contribution in [3.05, 3.63) is 53.7 Å². The molecular formula is C34H42F3N5O3. The maximum absolute atomic E-state index is 13.7. The van der Waals surface area contributed by atoms with E-state index in [0.717, 1.165) is 56.3 Å². The number of ether oxygens (including phenoxy) is 2. The Labute approximate surface area is 262 Å². The van der Waals surface area contributed by atoms with Gasteiger partial charge < -0.3 is 30.0 Å². The second-order valence-corrected chi connectivity index (χ2v) is 12.1. The van der Waals surface area contributed by atoms with Crippen molar-refractivity contribution < 1.29 is 27.4 Å². The third-order valence-electron chi connectivity index (χ3n) is 9.22. The molecule has 1 atom stereocenters. The highest BCUT2D eigenvalue weighted by atomic mass is 19.4. The molecule has 0 bridgehead atoms. The van der Waals surface area contributed by atoms with Crippen LogP contribution in [0.1, 0.15) is 55.1 Å². The lowest BCUT2D eigenvalue weighted by atomic mass is 9.79. The highest BCUT2D eigenvalue weighted by Gasteiger charge is 2.40. The molecule has 1 aromatic heterocycles. The number of alkyl halides is 3. The molecule has 2 heterocycles. The minimum atomic E-state index is -4.41. The van der Waals surface area contributed by atoms with E-state index >= 15 is 0 Å². The summed E-state index contributed by atoms with van der Waals surface area (Å²) in [7, 11) is 4.82. The Balaban J connectivity index is 1.32. The molecule has 1 unspecified atom stereocenters. The van der Waals surface area contributed by atoms with Crippen LogP contribution in [-0.4, -0.2) is 80.1 Å². The molecule has 1 aliphatic heterocycles. The fourth-order valence-electron chi connectivity index (χ4n) is 6.59. The number of aromatic nitrogens is 1. The number of rotatable bonds is 9. The molecule has 242 valence electrons. The molecule has 2 fully saturated rings. The van der Waals surface area contributed by atoms with Gasteiger partial charge in [-0.05, 0) is 81.3 Å². The Morgan fingerprint density at radius 1 is 1.09 bits per heavy atom. The van der Waals surface area contributed by atoms with Crippen molar-refractivity contribution in [2.24, 2.45) is 0 Å². The largest absolute Gasteiger partial charge is 0.495 e. The summed E-state index contributed by atoms with van der Waals surface area (Å²) in [6.45, 7) is 3.39. The van der Waals surface area contributed by atoms with Gasteiger partial charge >= 0.3 is 6.18 Å². The smallest absolute Gasteiger partial charge is 0.406 e. The van der Waals surface area contributed by atoms with Crippen LogP contribution in [0, 0.1) is 11.8 Å². The van der Waals surface area contributed by atoms with E-state index in [0.29, 0.717) is 34.3 Å². The van der Waals surface area contributed by atoms with Gasteiger partial charge in [0.05, 0.1) is 36.7 Å². The van der Waals surface area contributed by atoms with Crippen molar-refractivity contribution in [3.8, 4) is 17.6 Å². The number of nitrogens with one attached hydrogen (secondary N) is 3. The van der Waals surface area contributed by atoms with Gasteiger partial charge in [-0.25, -0.2) is 0 Å². The molecular weight excluding hydrogens is 583 g/mol. The summed E-state index contributed by atoms with van der Waals surface area (Å²) in [5, 5.41) is 10.1. The Kier molecular flexibility index (Phi) is 9.85. The van der Waals surface area contributed by atoms with E-state index in [1.54, 1.807) is 50.6 Å². The van der Waals surface area contributed by atoms with Crippen LogP contribution in [0.5, 0.6) is 5.75 Å². The number of benzene rings is 2. The van der Waals surface area contributed by atoms with Gasteiger partial charge in [0.25, 0.3) is 5.91 Å². The van der Waals surface area contributed by atoms with Crippen LogP contribution >= 0.6 is 0 Å². The Hall–Kier alpha value is -3.88. The van der Waals surface area contributed by atoms with Crippen LogP contribution in [0.3, 0.4) is 0 Å². The molecule has 0 spiro atoms. The molecule has 0 radical (unpaired) electrons. The number of carbonyl (C=O) groups excluding carboxylic acids is 1. The molecule has 1 aliphatic carbocycles. The molecule has 8 nitrogen and oxygen atoms in total. The van der Waals surface area contributed by atoms with Gasteiger partial charge in [0.15, 0.2) is 0 Å². The van der Waals surface area contributed by atoms with E-state index in [1.165, 1.54) is 11.7 Å². The van der Waals surface area contributed by atoms with Gasteiger partial charge in [0, 0.05) is 55.5 Å². The van der Waals surface area contributed by atoms with Crippen LogP contribution in [0.15, 0.2) is 42.5 Å². The first-order valence-electron chi connectivity index (χ1n) is 15.4. The summed E-state index contributed by atoms with van der Waals surface area (Å²) >= 11 is 0. The molecule has 3 aromatic rings. The maximum Gasteiger partial charge on any atom is 0.406 e. The molecule has 1 saturated heterocycles. The number of anilines is 2. The number of carbonyl (C=O) groups is 1. The van der Waals surface area contributed by atoms with Crippen LogP contribution in [-0.2, 0) is 11.3 Å². The quantitative estimate of drug-likeness (QED) is 0.258. The second-order valence-electron chi connectivity index (χ2n) is 12.1. The fourth-order valence-corrected chi connectivity index (χ4v) is 6.59. The first-order valence-corrected chi connectivity index (χ1v) is 15.4. The first kappa shape index (κ1) is 32.5. The summed E-state index contributed by atoms with van der Waals surface area (Å²) in [4.78, 5) is 14.5. The number of hydrogen-bond acceptors (Lipinski definition) is 6. The van der Waals surface area contributed by atoms with Gasteiger partial charge in [0.2, 0.25) is 0 Å². The Morgan fingerprint density at radius 2 is 1.87 bits per heavy atom. The predicted molar refractivity (Wildman–Crippen MR) is 171 cm³/mol. The molecule has 5 rings (SSSR count). The SMILES string of the molecule is CNC(=O)c1ccc(NCC#Cc2cc3c(NC4CCC(C)(N5CCC(OC)C5)CC4)cccc3n2CC(F)(F)F)c(OC)c1. The molecule has 11 heteroatoms. The number of amides is 1. The predicted octanol–water partition coefficient (Wildman–Crippen LogP) is 5.87. The number of halogens is 3. The van der Waals surface area contributed by atoms with Gasteiger partial charge in [0.1, 0.15) is 12.3 Å². The normalized spacial score (nSPS) is 22.1. The minimum Gasteiger partial charge on any atom is -0.495 e. The number of fused-ring (bicyclic) bond motifs is 1. The highest BCUT2D eigenvalue weighted by Crippen LogP contribution is 2.38. The lowest BCUT2D eigenvalue weighted by Crippen LogP contribution is -2.49. The second kappa shape index (κ2) is 13.6. The Bertz CT molecular complexity index is 1570. The number of methoxy groups -OCH3 is 2. The summed E-state index contributed by atoms with van der Waals surface area (Å²) in [6.07, 6.45) is 1.02. The fraction of sp³-hybridized carbons (Fsp3) is 0.500. The molecule has 45 heavy (non-hydrogen) atoms. The van der Waals surface area contributed by atoms with Crippen molar-refractivity contribution in [1.82, 2.24) is 14.8 Å². The van der Waals surface area contributed by atoms with Crippen molar-refractivity contribution in [3.63, 3.8) is 0 Å². The molecule has 2 aliphatic rings. The standard InChI is InChI=1S/C34H42F3N5O3/c1-33(41-18-14-26(21-41)44-3)15-12-24(13-16-33)40-28-8-5-9-30-27(28)20-25(42(30)22-34(35,36)37)7-6-17-39-29-11-10-23(32(43)38-2)19-31(29)45-4/h5,8-11,19-20,24,26,39-40H,12-18,21-22H2,1-4H3,(H,38,43). The van der Waals surface area contributed by atoms with Gasteiger partial charge in [-0.1, -0.05) is 12.0 Å².